The van der Waals surface area contributed by atoms with Crippen molar-refractivity contribution in [2.24, 2.45) is 0 Å². The average molecular weight is 509 g/mol. The molecule has 2 rings (SSSR count). The molecule has 1 aromatic rings. The Bertz CT molecular complexity index is 684. The van der Waals surface area contributed by atoms with Crippen molar-refractivity contribution in [3.05, 3.63) is 22.7 Å². The van der Waals surface area contributed by atoms with Crippen molar-refractivity contribution < 1.29 is 33.5 Å². The third kappa shape index (κ3) is 4.75. The van der Waals surface area contributed by atoms with Gasteiger partial charge in [-0.1, -0.05) is 8.93 Å². The molecule has 0 saturated carbocycles. The van der Waals surface area contributed by atoms with E-state index in [0.29, 0.717) is 5.82 Å². The van der Waals surface area contributed by atoms with Gasteiger partial charge in [-0.05, 0) is 21.2 Å². The molecule has 0 amide bonds. The number of hydrogen-bond acceptors (Lipinski definition) is 7. The number of nitrogens with zero attached hydrogens (tertiary/aromatic N) is 2. The highest BCUT2D eigenvalue weighted by atomic mass is 127. The summed E-state index contributed by atoms with van der Waals surface area (Å²) in [6.07, 6.45) is -2.08. The first-order valence-electron chi connectivity index (χ1n) is 7.22. The van der Waals surface area contributed by atoms with Crippen LogP contribution in [-0.2, 0) is 13.8 Å². The molecular formula is C12H18FIN3O6PS+2. The number of aliphatic hydroxyl groups excluding tert-OH is 1. The molecule has 13 heteroatoms. The van der Waals surface area contributed by atoms with Gasteiger partial charge in [-0.25, -0.2) is 9.18 Å². The average Bonchev–Trinajstić information content (AvgIpc) is 2.58. The van der Waals surface area contributed by atoms with E-state index in [1.165, 1.54) is 15.1 Å². The lowest BCUT2D eigenvalue weighted by atomic mass is 9.89. The van der Waals surface area contributed by atoms with Crippen LogP contribution in [0.1, 0.15) is 6.04 Å². The Hall–Kier alpha value is -0.210. The molecule has 1 aliphatic heterocycles. The Balaban J connectivity index is 2.25. The zero-order valence-corrected chi connectivity index (χ0v) is 17.0. The molecule has 2 heterocycles. The van der Waals surface area contributed by atoms with Crippen molar-refractivity contribution in [1.82, 2.24) is 9.55 Å². The van der Waals surface area contributed by atoms with Crippen molar-refractivity contribution in [3.63, 3.8) is 0 Å². The van der Waals surface area contributed by atoms with Crippen molar-refractivity contribution in [3.8, 4) is 0 Å². The predicted molar refractivity (Wildman–Crippen MR) is 96.9 cm³/mol. The Labute approximate surface area is 159 Å². The van der Waals surface area contributed by atoms with Crippen molar-refractivity contribution in [2.75, 3.05) is 26.0 Å². The second-order valence-corrected chi connectivity index (χ2v) is 8.54. The molecule has 0 radical (unpaired) electrons. The summed E-state index contributed by atoms with van der Waals surface area (Å²) in [6, 6.07) is 0.499. The molecule has 5 unspecified atom stereocenters. The maximum Gasteiger partial charge on any atom is 0.694 e. The summed E-state index contributed by atoms with van der Waals surface area (Å²) >= 11 is 1.95. The normalized spacial score (nSPS) is 30.3. The predicted octanol–water partition coefficient (Wildman–Crippen LogP) is -0.173. The van der Waals surface area contributed by atoms with Crippen LogP contribution >= 0.6 is 38.4 Å². The number of quaternary nitrogens is 1. The number of alkyl halides is 1. The summed E-state index contributed by atoms with van der Waals surface area (Å²) in [5.41, 5.74) is -2.13. The van der Waals surface area contributed by atoms with E-state index in [4.69, 9.17) is 9.63 Å². The van der Waals surface area contributed by atoms with Crippen LogP contribution < -0.4 is 11.0 Å². The molecule has 9 nitrogen and oxygen atoms in total. The van der Waals surface area contributed by atoms with E-state index in [1.54, 1.807) is 18.4 Å². The van der Waals surface area contributed by atoms with Crippen LogP contribution in [0.4, 0.5) is 10.2 Å². The fourth-order valence-corrected chi connectivity index (χ4v) is 4.99. The minimum absolute atomic E-state index is 0.141. The van der Waals surface area contributed by atoms with Gasteiger partial charge in [-0.2, -0.15) is 0 Å². The SMILES string of the molecule is C[NH2+]c1ccn(C2COC(CO[P+](=O)O)(CSI)C(O)C2F)c(=O)n1. The number of ether oxygens (including phenoxy) is 1. The first-order valence-corrected chi connectivity index (χ1v) is 11.9. The van der Waals surface area contributed by atoms with E-state index in [0.717, 1.165) is 4.57 Å². The fourth-order valence-electron chi connectivity index (χ4n) is 2.55. The smallest absolute Gasteiger partial charge is 0.387 e. The van der Waals surface area contributed by atoms with Crippen molar-refractivity contribution >= 4 is 44.2 Å². The molecule has 140 valence electrons. The lowest BCUT2D eigenvalue weighted by molar-refractivity contribution is -0.543. The van der Waals surface area contributed by atoms with Crippen molar-refractivity contribution in [1.29, 1.82) is 0 Å². The van der Waals surface area contributed by atoms with E-state index < -0.39 is 44.5 Å². The number of nitrogens with two attached hydrogens (primary N) is 1. The van der Waals surface area contributed by atoms with Gasteiger partial charge in [0.25, 0.3) is 0 Å². The molecule has 4 N–H and O–H groups in total. The highest BCUT2D eigenvalue weighted by Gasteiger charge is 2.53. The minimum Gasteiger partial charge on any atom is -0.387 e. The Morgan fingerprint density at radius 1 is 1.72 bits per heavy atom. The lowest BCUT2D eigenvalue weighted by Gasteiger charge is -2.44. The van der Waals surface area contributed by atoms with E-state index >= 15 is 0 Å². The Kier molecular flexibility index (Phi) is 7.70. The lowest BCUT2D eigenvalue weighted by Crippen LogP contribution is -2.73. The van der Waals surface area contributed by atoms with Gasteiger partial charge < -0.3 is 9.84 Å². The number of hydrogen-bond donors (Lipinski definition) is 3. The summed E-state index contributed by atoms with van der Waals surface area (Å²) in [6.45, 7) is -0.655. The van der Waals surface area contributed by atoms with Crippen LogP contribution in [-0.4, -0.2) is 63.4 Å². The number of rotatable bonds is 7. The molecule has 1 aromatic heterocycles. The third-order valence-corrected chi connectivity index (χ3v) is 5.85. The van der Waals surface area contributed by atoms with E-state index in [-0.39, 0.29) is 12.4 Å². The van der Waals surface area contributed by atoms with Crippen LogP contribution in [0.3, 0.4) is 0 Å². The second kappa shape index (κ2) is 9.13. The van der Waals surface area contributed by atoms with Gasteiger partial charge in [0.2, 0.25) is 5.82 Å². The summed E-state index contributed by atoms with van der Waals surface area (Å²) in [5, 5.41) is 12.1. The Morgan fingerprint density at radius 3 is 3.00 bits per heavy atom. The van der Waals surface area contributed by atoms with Gasteiger partial charge in [0.05, 0.1) is 19.7 Å². The monoisotopic (exact) mass is 509 g/mol. The van der Waals surface area contributed by atoms with Crippen LogP contribution in [0.2, 0.25) is 0 Å². The van der Waals surface area contributed by atoms with Crippen LogP contribution in [0.25, 0.3) is 0 Å². The zero-order valence-electron chi connectivity index (χ0n) is 13.1. The molecule has 1 saturated heterocycles. The summed E-state index contributed by atoms with van der Waals surface area (Å²) in [5.74, 6) is 0.604. The number of aliphatic hydroxyl groups is 1. The maximum atomic E-state index is 14.9. The van der Waals surface area contributed by atoms with Crippen LogP contribution in [0, 0.1) is 0 Å². The van der Waals surface area contributed by atoms with E-state index in [2.05, 4.69) is 9.51 Å². The maximum absolute atomic E-state index is 14.9. The van der Waals surface area contributed by atoms with Gasteiger partial charge in [0.15, 0.2) is 6.17 Å². The standard InChI is InChI=1S/C12H16FIN3O6PS/c1-15-8-2-3-17(11(19)16-8)7-4-22-12(6-25-14,5-23-24(20)21)10(18)9(7)13/h2-3,7,9-10,18H,4-6H2,1H3,(H-,15,16,19,20,21)/p+2. The molecular weight excluding hydrogens is 491 g/mol. The summed E-state index contributed by atoms with van der Waals surface area (Å²) in [7, 11) is 0.0574. The molecule has 0 aliphatic carbocycles. The van der Waals surface area contributed by atoms with E-state index in [1.807, 2.05) is 21.2 Å². The number of halogens is 2. The second-order valence-electron chi connectivity index (χ2n) is 5.43. The van der Waals surface area contributed by atoms with Crippen molar-refractivity contribution in [2.45, 2.75) is 23.9 Å². The molecule has 0 spiro atoms. The quantitative estimate of drug-likeness (QED) is 0.342. The minimum atomic E-state index is -2.91. The molecule has 25 heavy (non-hydrogen) atoms. The van der Waals surface area contributed by atoms with E-state index in [9.17, 15) is 18.9 Å². The molecule has 5 atom stereocenters. The first-order chi connectivity index (χ1) is 11.8. The van der Waals surface area contributed by atoms with Crippen LogP contribution in [0.5, 0.6) is 0 Å². The van der Waals surface area contributed by atoms with Gasteiger partial charge in [-0.3, -0.25) is 9.88 Å². The van der Waals surface area contributed by atoms with Crippen LogP contribution in [0.15, 0.2) is 17.1 Å². The Morgan fingerprint density at radius 2 is 2.44 bits per heavy atom. The van der Waals surface area contributed by atoms with Gasteiger partial charge in [-0.15, -0.1) is 14.4 Å². The number of aromatic nitrogens is 2. The summed E-state index contributed by atoms with van der Waals surface area (Å²) < 4.78 is 37.1. The third-order valence-electron chi connectivity index (χ3n) is 3.97. The topological polar surface area (TPSA) is 127 Å². The first kappa shape index (κ1) is 21.1. The largest absolute Gasteiger partial charge is 0.694 e. The molecule has 0 aromatic carbocycles. The molecule has 1 aliphatic rings. The van der Waals surface area contributed by atoms with Gasteiger partial charge in [0, 0.05) is 22.6 Å². The zero-order chi connectivity index (χ0) is 18.6. The fraction of sp³-hybridized carbons (Fsp3) is 0.667. The molecule has 1 fully saturated rings. The summed E-state index contributed by atoms with van der Waals surface area (Å²) in [4.78, 5) is 24.7. The van der Waals surface area contributed by atoms with Gasteiger partial charge >= 0.3 is 13.9 Å². The highest BCUT2D eigenvalue weighted by Crippen LogP contribution is 2.38. The highest BCUT2D eigenvalue weighted by molar-refractivity contribution is 14.2. The van der Waals surface area contributed by atoms with Gasteiger partial charge in [0.1, 0.15) is 18.3 Å². The molecule has 0 bridgehead atoms.